The van der Waals surface area contributed by atoms with Gasteiger partial charge >= 0.3 is 5.76 Å². The molecule has 124 valence electrons. The highest BCUT2D eigenvalue weighted by Gasteiger charge is 2.12. The van der Waals surface area contributed by atoms with Gasteiger partial charge in [0.25, 0.3) is 0 Å². The summed E-state index contributed by atoms with van der Waals surface area (Å²) in [5.41, 5.74) is 3.57. The molecule has 1 amide bonds. The number of fused-ring (bicyclic) bond motifs is 1. The Morgan fingerprint density at radius 3 is 2.68 bits per heavy atom. The maximum atomic E-state index is 12.3. The number of amides is 1. The number of benzene rings is 2. The molecule has 25 heavy (non-hydrogen) atoms. The third-order valence-corrected chi connectivity index (χ3v) is 3.86. The third-order valence-electron chi connectivity index (χ3n) is 3.86. The summed E-state index contributed by atoms with van der Waals surface area (Å²) < 4.78 is 6.43. The first-order valence-electron chi connectivity index (χ1n) is 7.69. The lowest BCUT2D eigenvalue weighted by molar-refractivity contribution is -0.116. The molecule has 2 heterocycles. The van der Waals surface area contributed by atoms with E-state index in [1.807, 2.05) is 18.2 Å². The largest absolute Gasteiger partial charge is 0.420 e. The number of nitrogens with one attached hydrogen (secondary N) is 2. The molecular formula is C18H14N4O3. The van der Waals surface area contributed by atoms with E-state index in [2.05, 4.69) is 15.5 Å². The first-order valence-corrected chi connectivity index (χ1v) is 7.69. The summed E-state index contributed by atoms with van der Waals surface area (Å²) in [5.74, 6) is -0.853. The lowest BCUT2D eigenvalue weighted by Gasteiger charge is -2.06. The molecule has 4 rings (SSSR count). The summed E-state index contributed by atoms with van der Waals surface area (Å²) in [6.07, 6.45) is 1.68. The van der Waals surface area contributed by atoms with Crippen LogP contribution in [-0.4, -0.2) is 20.7 Å². The van der Waals surface area contributed by atoms with Crippen LogP contribution in [-0.2, 0) is 11.3 Å². The second kappa shape index (κ2) is 6.12. The molecule has 0 saturated heterocycles. The number of aromatic nitrogens is 3. The first-order chi connectivity index (χ1) is 12.2. The van der Waals surface area contributed by atoms with Crippen LogP contribution in [0.3, 0.4) is 0 Å². The van der Waals surface area contributed by atoms with E-state index in [1.54, 1.807) is 42.6 Å². The van der Waals surface area contributed by atoms with Gasteiger partial charge in [-0.3, -0.25) is 14.5 Å². The highest BCUT2D eigenvalue weighted by molar-refractivity contribution is 5.91. The molecule has 2 aromatic heterocycles. The number of nitrogens with zero attached hydrogens (tertiary/aromatic N) is 2. The van der Waals surface area contributed by atoms with Crippen molar-refractivity contribution in [2.24, 2.45) is 0 Å². The number of hydrogen-bond acceptors (Lipinski definition) is 4. The second-order valence-electron chi connectivity index (χ2n) is 5.52. The summed E-state index contributed by atoms with van der Waals surface area (Å²) >= 11 is 0. The maximum absolute atomic E-state index is 12.3. The first kappa shape index (κ1) is 14.9. The van der Waals surface area contributed by atoms with Crippen molar-refractivity contribution in [3.05, 3.63) is 71.3 Å². The number of carbonyl (C=O) groups excluding carboxylic acids is 1. The van der Waals surface area contributed by atoms with Gasteiger partial charge in [-0.2, -0.15) is 5.10 Å². The average Bonchev–Trinajstić information content (AvgIpc) is 3.25. The normalized spacial score (nSPS) is 10.9. The lowest BCUT2D eigenvalue weighted by atomic mass is 10.1. The summed E-state index contributed by atoms with van der Waals surface area (Å²) in [6, 6.07) is 16.2. The molecule has 7 heteroatoms. The van der Waals surface area contributed by atoms with Crippen molar-refractivity contribution in [3.8, 4) is 11.3 Å². The monoisotopic (exact) mass is 334 g/mol. The molecule has 0 radical (unpaired) electrons. The maximum Gasteiger partial charge on any atom is 0.420 e. The van der Waals surface area contributed by atoms with E-state index < -0.39 is 5.76 Å². The Bertz CT molecular complexity index is 1080. The minimum Gasteiger partial charge on any atom is -0.408 e. The number of anilines is 1. The molecule has 4 aromatic rings. The van der Waals surface area contributed by atoms with Gasteiger partial charge in [-0.25, -0.2) is 4.79 Å². The Hall–Kier alpha value is -3.61. The second-order valence-corrected chi connectivity index (χ2v) is 5.52. The molecule has 7 nitrogen and oxygen atoms in total. The van der Waals surface area contributed by atoms with Crippen LogP contribution < -0.4 is 11.1 Å². The van der Waals surface area contributed by atoms with Crippen LogP contribution in [0.2, 0.25) is 0 Å². The molecule has 0 fully saturated rings. The van der Waals surface area contributed by atoms with Crippen LogP contribution in [0.15, 0.2) is 70.0 Å². The van der Waals surface area contributed by atoms with Crippen molar-refractivity contribution in [1.29, 1.82) is 0 Å². The Morgan fingerprint density at radius 2 is 1.92 bits per heavy atom. The van der Waals surface area contributed by atoms with Gasteiger partial charge in [0.1, 0.15) is 6.54 Å². The number of para-hydroxylation sites is 2. The molecule has 0 atom stereocenters. The van der Waals surface area contributed by atoms with Crippen molar-refractivity contribution < 1.29 is 9.21 Å². The Kier molecular flexibility index (Phi) is 3.66. The van der Waals surface area contributed by atoms with E-state index in [0.717, 1.165) is 11.3 Å². The van der Waals surface area contributed by atoms with E-state index >= 15 is 0 Å². The van der Waals surface area contributed by atoms with Crippen LogP contribution in [0, 0.1) is 0 Å². The number of aromatic amines is 1. The highest BCUT2D eigenvalue weighted by atomic mass is 16.4. The molecule has 2 N–H and O–H groups in total. The zero-order valence-corrected chi connectivity index (χ0v) is 13.1. The number of oxazole rings is 1. The van der Waals surface area contributed by atoms with Crippen molar-refractivity contribution in [1.82, 2.24) is 14.8 Å². The van der Waals surface area contributed by atoms with Gasteiger partial charge in [0.2, 0.25) is 5.91 Å². The molecular weight excluding hydrogens is 320 g/mol. The van der Waals surface area contributed by atoms with Crippen LogP contribution >= 0.6 is 0 Å². The summed E-state index contributed by atoms with van der Waals surface area (Å²) in [5, 5.41) is 9.57. The fourth-order valence-electron chi connectivity index (χ4n) is 2.66. The predicted molar refractivity (Wildman–Crippen MR) is 93.1 cm³/mol. The Morgan fingerprint density at radius 1 is 1.12 bits per heavy atom. The summed E-state index contributed by atoms with van der Waals surface area (Å²) in [7, 11) is 0. The quantitative estimate of drug-likeness (QED) is 0.600. The van der Waals surface area contributed by atoms with E-state index in [4.69, 9.17) is 4.42 Å². The van der Waals surface area contributed by atoms with Crippen molar-refractivity contribution >= 4 is 22.7 Å². The van der Waals surface area contributed by atoms with E-state index in [0.29, 0.717) is 16.8 Å². The fraction of sp³-hybridized carbons (Fsp3) is 0.0556. The molecule has 0 bridgehead atoms. The van der Waals surface area contributed by atoms with Crippen molar-refractivity contribution in [3.63, 3.8) is 0 Å². The van der Waals surface area contributed by atoms with Gasteiger partial charge < -0.3 is 9.73 Å². The molecule has 2 aromatic carbocycles. The summed E-state index contributed by atoms with van der Waals surface area (Å²) in [6.45, 7) is -0.113. The molecule has 0 saturated carbocycles. The Labute approximate surface area is 141 Å². The molecule has 0 spiro atoms. The minimum absolute atomic E-state index is 0.113. The number of carbonyl (C=O) groups is 1. The molecule has 0 aliphatic rings. The Balaban J connectivity index is 1.50. The van der Waals surface area contributed by atoms with Gasteiger partial charge in [0.15, 0.2) is 5.58 Å². The standard InChI is InChI=1S/C18H14N4O3/c23-17(11-22-15-3-1-2-4-16(15)25-18(22)24)20-13-7-5-12(6-8-13)14-9-10-19-21-14/h1-10H,11H2,(H,19,21)(H,20,23). The van der Waals surface area contributed by atoms with E-state index in [9.17, 15) is 9.59 Å². The van der Waals surface area contributed by atoms with Gasteiger partial charge in [0.05, 0.1) is 11.2 Å². The van der Waals surface area contributed by atoms with Gasteiger partial charge in [-0.15, -0.1) is 0 Å². The number of rotatable bonds is 4. The zero-order chi connectivity index (χ0) is 17.2. The van der Waals surface area contributed by atoms with Crippen molar-refractivity contribution in [2.45, 2.75) is 6.54 Å². The smallest absolute Gasteiger partial charge is 0.408 e. The van der Waals surface area contributed by atoms with Gasteiger partial charge in [0, 0.05) is 11.9 Å². The minimum atomic E-state index is -0.550. The van der Waals surface area contributed by atoms with Crippen molar-refractivity contribution in [2.75, 3.05) is 5.32 Å². The van der Waals surface area contributed by atoms with E-state index in [-0.39, 0.29) is 12.5 Å². The SMILES string of the molecule is O=C(Cn1c(=O)oc2ccccc21)Nc1ccc(-c2ccn[nH]2)cc1. The highest BCUT2D eigenvalue weighted by Crippen LogP contribution is 2.19. The van der Waals surface area contributed by atoms with Gasteiger partial charge in [-0.05, 0) is 35.9 Å². The average molecular weight is 334 g/mol. The number of H-pyrrole nitrogens is 1. The number of hydrogen-bond donors (Lipinski definition) is 2. The van der Waals surface area contributed by atoms with E-state index in [1.165, 1.54) is 4.57 Å². The molecule has 0 unspecified atom stereocenters. The fourth-order valence-corrected chi connectivity index (χ4v) is 2.66. The van der Waals surface area contributed by atoms with Crippen LogP contribution in [0.1, 0.15) is 0 Å². The predicted octanol–water partition coefficient (Wildman–Crippen LogP) is 2.62. The van der Waals surface area contributed by atoms with Gasteiger partial charge in [-0.1, -0.05) is 24.3 Å². The zero-order valence-electron chi connectivity index (χ0n) is 13.1. The summed E-state index contributed by atoms with van der Waals surface area (Å²) in [4.78, 5) is 24.2. The molecule has 0 aliphatic carbocycles. The molecule has 0 aliphatic heterocycles. The van der Waals surface area contributed by atoms with Crippen LogP contribution in [0.4, 0.5) is 5.69 Å². The topological polar surface area (TPSA) is 92.9 Å². The van der Waals surface area contributed by atoms with Crippen LogP contribution in [0.5, 0.6) is 0 Å². The lowest BCUT2D eigenvalue weighted by Crippen LogP contribution is -2.24. The van der Waals surface area contributed by atoms with Crippen LogP contribution in [0.25, 0.3) is 22.4 Å². The third kappa shape index (κ3) is 2.94.